The standard InChI is InChI=1S/C24H28BrN3O4S2/c1-4-27(5-2)34(31,32)21-14-19(11-6-16(21)3)26-23(30)20-15-33-24(13-12-22(29)28(20)24)17-7-9-18(25)10-8-17/h6-11,14,20H,4-5,12-13,15H2,1-3H3,(H,26,30)/t20-,24+/m1/s1. The van der Waals surface area contributed by atoms with Gasteiger partial charge in [0.05, 0.1) is 4.90 Å². The first-order valence-electron chi connectivity index (χ1n) is 11.3. The van der Waals surface area contributed by atoms with Crippen LogP contribution in [0.4, 0.5) is 5.69 Å². The molecule has 182 valence electrons. The molecule has 2 atom stereocenters. The Morgan fingerprint density at radius 1 is 1.21 bits per heavy atom. The van der Waals surface area contributed by atoms with Crippen LogP contribution in [0.25, 0.3) is 0 Å². The third-order valence-electron chi connectivity index (χ3n) is 6.50. The fourth-order valence-corrected chi connectivity index (χ4v) is 8.36. The molecule has 2 saturated heterocycles. The minimum absolute atomic E-state index is 0.0400. The number of amides is 2. The number of hydrogen-bond acceptors (Lipinski definition) is 5. The highest BCUT2D eigenvalue weighted by Gasteiger charge is 2.56. The van der Waals surface area contributed by atoms with Gasteiger partial charge in [0.1, 0.15) is 10.9 Å². The van der Waals surface area contributed by atoms with E-state index in [1.807, 2.05) is 24.3 Å². The highest BCUT2D eigenvalue weighted by molar-refractivity contribution is 9.10. The topological polar surface area (TPSA) is 86.8 Å². The molecule has 0 aromatic heterocycles. The van der Waals surface area contributed by atoms with Crippen LogP contribution in [0.2, 0.25) is 0 Å². The van der Waals surface area contributed by atoms with Crippen LogP contribution in [0.1, 0.15) is 37.8 Å². The molecule has 34 heavy (non-hydrogen) atoms. The average Bonchev–Trinajstić information content (AvgIpc) is 3.35. The molecule has 2 aliphatic rings. The van der Waals surface area contributed by atoms with Crippen molar-refractivity contribution in [2.45, 2.75) is 49.4 Å². The molecule has 0 radical (unpaired) electrons. The van der Waals surface area contributed by atoms with E-state index in [-0.39, 0.29) is 16.7 Å². The quantitative estimate of drug-likeness (QED) is 0.540. The lowest BCUT2D eigenvalue weighted by Crippen LogP contribution is -2.48. The lowest BCUT2D eigenvalue weighted by atomic mass is 10.0. The van der Waals surface area contributed by atoms with Gasteiger partial charge >= 0.3 is 0 Å². The van der Waals surface area contributed by atoms with E-state index in [1.165, 1.54) is 10.4 Å². The van der Waals surface area contributed by atoms with Crippen molar-refractivity contribution in [1.29, 1.82) is 0 Å². The van der Waals surface area contributed by atoms with Crippen molar-refractivity contribution in [2.75, 3.05) is 24.2 Å². The molecule has 2 aromatic carbocycles. The minimum atomic E-state index is -3.67. The summed E-state index contributed by atoms with van der Waals surface area (Å²) in [6.07, 6.45) is 1.04. The summed E-state index contributed by atoms with van der Waals surface area (Å²) in [4.78, 5) is 27.6. The second-order valence-corrected chi connectivity index (χ2v) is 12.6. The van der Waals surface area contributed by atoms with Gasteiger partial charge in [-0.1, -0.05) is 48.0 Å². The second kappa shape index (κ2) is 9.64. The molecular weight excluding hydrogens is 538 g/mol. The number of thioether (sulfide) groups is 1. The van der Waals surface area contributed by atoms with Crippen molar-refractivity contribution in [3.63, 3.8) is 0 Å². The molecule has 0 saturated carbocycles. The number of benzene rings is 2. The first-order chi connectivity index (χ1) is 16.1. The number of anilines is 1. The average molecular weight is 567 g/mol. The third-order valence-corrected chi connectivity index (χ3v) is 10.8. The first-order valence-corrected chi connectivity index (χ1v) is 14.5. The summed E-state index contributed by atoms with van der Waals surface area (Å²) in [6, 6.07) is 12.2. The molecule has 0 aliphatic carbocycles. The van der Waals surface area contributed by atoms with Gasteiger partial charge in [-0.25, -0.2) is 8.42 Å². The number of nitrogens with one attached hydrogen (secondary N) is 1. The van der Waals surface area contributed by atoms with Crippen LogP contribution in [0.3, 0.4) is 0 Å². The number of sulfonamides is 1. The molecule has 2 fully saturated rings. The van der Waals surface area contributed by atoms with Gasteiger partial charge < -0.3 is 10.2 Å². The molecule has 2 amide bonds. The fourth-order valence-electron chi connectivity index (χ4n) is 4.73. The molecule has 2 heterocycles. The van der Waals surface area contributed by atoms with Crippen LogP contribution in [0.5, 0.6) is 0 Å². The lowest BCUT2D eigenvalue weighted by molar-refractivity contribution is -0.136. The van der Waals surface area contributed by atoms with Gasteiger partial charge in [0.25, 0.3) is 0 Å². The van der Waals surface area contributed by atoms with Gasteiger partial charge in [0.2, 0.25) is 21.8 Å². The maximum atomic E-state index is 13.3. The Bertz CT molecular complexity index is 1220. The van der Waals surface area contributed by atoms with Crippen LogP contribution in [-0.2, 0) is 24.5 Å². The van der Waals surface area contributed by atoms with Gasteiger partial charge in [0.15, 0.2) is 0 Å². The Morgan fingerprint density at radius 2 is 1.88 bits per heavy atom. The molecule has 0 unspecified atom stereocenters. The molecule has 0 bridgehead atoms. The maximum absolute atomic E-state index is 13.3. The van der Waals surface area contributed by atoms with E-state index in [1.54, 1.807) is 49.6 Å². The van der Waals surface area contributed by atoms with Crippen LogP contribution < -0.4 is 5.32 Å². The van der Waals surface area contributed by atoms with Crippen LogP contribution in [0.15, 0.2) is 51.8 Å². The van der Waals surface area contributed by atoms with E-state index in [9.17, 15) is 18.0 Å². The number of fused-ring (bicyclic) bond motifs is 1. The van der Waals surface area contributed by atoms with Crippen molar-refractivity contribution in [3.8, 4) is 0 Å². The van der Waals surface area contributed by atoms with Gasteiger partial charge in [-0.15, -0.1) is 11.8 Å². The Kier molecular flexibility index (Phi) is 7.15. The predicted molar refractivity (Wildman–Crippen MR) is 138 cm³/mol. The SMILES string of the molecule is CCN(CC)S(=O)(=O)c1cc(NC(=O)[C@H]2CS[C@]3(c4ccc(Br)cc4)CCC(=O)N23)ccc1C. The summed E-state index contributed by atoms with van der Waals surface area (Å²) in [5.74, 6) is 0.128. The number of aryl methyl sites for hydroxylation is 1. The summed E-state index contributed by atoms with van der Waals surface area (Å²) < 4.78 is 28.5. The number of halogens is 1. The molecule has 0 spiro atoms. The summed E-state index contributed by atoms with van der Waals surface area (Å²) in [6.45, 7) is 6.06. The van der Waals surface area contributed by atoms with Crippen molar-refractivity contribution < 1.29 is 18.0 Å². The van der Waals surface area contributed by atoms with Gasteiger partial charge in [0, 0.05) is 35.4 Å². The van der Waals surface area contributed by atoms with E-state index in [0.717, 1.165) is 10.0 Å². The maximum Gasteiger partial charge on any atom is 0.248 e. The van der Waals surface area contributed by atoms with E-state index < -0.39 is 20.9 Å². The molecule has 10 heteroatoms. The van der Waals surface area contributed by atoms with Crippen molar-refractivity contribution in [3.05, 3.63) is 58.1 Å². The zero-order valence-corrected chi connectivity index (χ0v) is 22.6. The van der Waals surface area contributed by atoms with Crippen LogP contribution >= 0.6 is 27.7 Å². The van der Waals surface area contributed by atoms with Crippen molar-refractivity contribution in [2.24, 2.45) is 0 Å². The zero-order chi connectivity index (χ0) is 24.7. The predicted octanol–water partition coefficient (Wildman–Crippen LogP) is 4.32. The zero-order valence-electron chi connectivity index (χ0n) is 19.4. The van der Waals surface area contributed by atoms with E-state index in [0.29, 0.717) is 42.9 Å². The Labute approximate surface area is 213 Å². The summed E-state index contributed by atoms with van der Waals surface area (Å²) >= 11 is 5.07. The highest BCUT2D eigenvalue weighted by atomic mass is 79.9. The van der Waals surface area contributed by atoms with E-state index >= 15 is 0 Å². The van der Waals surface area contributed by atoms with Gasteiger partial charge in [-0.05, 0) is 48.7 Å². The molecule has 2 aliphatic heterocycles. The Morgan fingerprint density at radius 3 is 2.53 bits per heavy atom. The normalized spacial score (nSPS) is 22.3. The minimum Gasteiger partial charge on any atom is -0.324 e. The van der Waals surface area contributed by atoms with Crippen LogP contribution in [-0.4, -0.2) is 54.3 Å². The number of hydrogen-bond donors (Lipinski definition) is 1. The summed E-state index contributed by atoms with van der Waals surface area (Å²) in [5, 5.41) is 2.87. The van der Waals surface area contributed by atoms with E-state index in [4.69, 9.17) is 0 Å². The molecule has 2 aromatic rings. The number of carbonyl (C=O) groups is 2. The first kappa shape index (κ1) is 25.2. The number of rotatable bonds is 7. The highest BCUT2D eigenvalue weighted by Crippen LogP contribution is 2.54. The molecular formula is C24H28BrN3O4S2. The largest absolute Gasteiger partial charge is 0.324 e. The molecule has 7 nitrogen and oxygen atoms in total. The van der Waals surface area contributed by atoms with Crippen LogP contribution in [0, 0.1) is 6.92 Å². The monoisotopic (exact) mass is 565 g/mol. The molecule has 4 rings (SSSR count). The number of nitrogens with zero attached hydrogens (tertiary/aromatic N) is 2. The third kappa shape index (κ3) is 4.29. The molecule has 1 N–H and O–H groups in total. The van der Waals surface area contributed by atoms with Gasteiger partial charge in [-0.3, -0.25) is 9.59 Å². The van der Waals surface area contributed by atoms with Gasteiger partial charge in [-0.2, -0.15) is 4.31 Å². The fraction of sp³-hybridized carbons (Fsp3) is 0.417. The number of carbonyl (C=O) groups excluding carboxylic acids is 2. The van der Waals surface area contributed by atoms with E-state index in [2.05, 4.69) is 21.2 Å². The van der Waals surface area contributed by atoms with Crippen molar-refractivity contribution >= 4 is 55.2 Å². The summed E-state index contributed by atoms with van der Waals surface area (Å²) in [7, 11) is -3.67. The smallest absolute Gasteiger partial charge is 0.248 e. The Hall–Kier alpha value is -1.88. The lowest BCUT2D eigenvalue weighted by Gasteiger charge is -2.34. The second-order valence-electron chi connectivity index (χ2n) is 8.44. The Balaban J connectivity index is 1.60. The van der Waals surface area contributed by atoms with Crippen molar-refractivity contribution in [1.82, 2.24) is 9.21 Å². The summed E-state index contributed by atoms with van der Waals surface area (Å²) in [5.41, 5.74) is 2.02.